The van der Waals surface area contributed by atoms with E-state index < -0.39 is 0 Å². The van der Waals surface area contributed by atoms with Crippen molar-refractivity contribution in [3.63, 3.8) is 0 Å². The molecule has 2 amide bonds. The van der Waals surface area contributed by atoms with E-state index in [9.17, 15) is 4.79 Å². The minimum Gasteiger partial charge on any atom is -0.382 e. The fraction of sp³-hybridized carbons (Fsp3) is 0.615. The summed E-state index contributed by atoms with van der Waals surface area (Å²) >= 11 is 0. The van der Waals surface area contributed by atoms with Gasteiger partial charge in [0, 0.05) is 14.2 Å². The van der Waals surface area contributed by atoms with Gasteiger partial charge in [-0.1, -0.05) is 12.2 Å². The van der Waals surface area contributed by atoms with Crippen molar-refractivity contribution >= 4 is 6.03 Å². The van der Waals surface area contributed by atoms with Gasteiger partial charge in [-0.15, -0.1) is 6.58 Å². The predicted octanol–water partition coefficient (Wildman–Crippen LogP) is 0.812. The van der Waals surface area contributed by atoms with Gasteiger partial charge in [0.1, 0.15) is 6.04 Å². The highest BCUT2D eigenvalue weighted by Gasteiger charge is 2.46. The summed E-state index contributed by atoms with van der Waals surface area (Å²) < 4.78 is 10.4. The lowest BCUT2D eigenvalue weighted by molar-refractivity contribution is -0.111. The van der Waals surface area contributed by atoms with Gasteiger partial charge in [0.25, 0.3) is 0 Å². The summed E-state index contributed by atoms with van der Waals surface area (Å²) in [5.74, 6) is 0. The Balaban J connectivity index is 2.19. The van der Waals surface area contributed by atoms with Crippen molar-refractivity contribution in [2.24, 2.45) is 0 Å². The van der Waals surface area contributed by atoms with Gasteiger partial charge in [0.05, 0.1) is 32.4 Å². The standard InChI is InChI=1S/C13H20N2O4/c1-4-5-19-15-12-7-14(13(15)16)11(9-18-3)6-10(12)8-17-2/h4,6,11-12H,1,5,7-9H2,2-3H3/t11-,12?/m0/s1. The minimum absolute atomic E-state index is 0.0590. The van der Waals surface area contributed by atoms with Crippen LogP contribution in [-0.4, -0.2) is 68.7 Å². The highest BCUT2D eigenvalue weighted by molar-refractivity contribution is 5.78. The van der Waals surface area contributed by atoms with E-state index in [0.29, 0.717) is 26.4 Å². The van der Waals surface area contributed by atoms with Gasteiger partial charge >= 0.3 is 6.03 Å². The molecule has 106 valence electrons. The molecule has 2 aliphatic heterocycles. The Labute approximate surface area is 113 Å². The lowest BCUT2D eigenvalue weighted by atomic mass is 10.0. The number of fused-ring (bicyclic) bond motifs is 2. The minimum atomic E-state index is -0.128. The molecule has 2 heterocycles. The van der Waals surface area contributed by atoms with Crippen LogP contribution in [0.5, 0.6) is 0 Å². The third kappa shape index (κ3) is 2.65. The molecule has 2 aliphatic rings. The average Bonchev–Trinajstić information content (AvgIpc) is 2.68. The molecule has 0 spiro atoms. The number of urea groups is 1. The molecule has 0 aromatic heterocycles. The maximum Gasteiger partial charge on any atom is 0.345 e. The van der Waals surface area contributed by atoms with Crippen LogP contribution in [0, 0.1) is 0 Å². The zero-order valence-electron chi connectivity index (χ0n) is 11.4. The van der Waals surface area contributed by atoms with Crippen molar-refractivity contribution < 1.29 is 19.1 Å². The lowest BCUT2D eigenvalue weighted by Gasteiger charge is -2.28. The molecular formula is C13H20N2O4. The van der Waals surface area contributed by atoms with Crippen LogP contribution in [0.4, 0.5) is 4.79 Å². The van der Waals surface area contributed by atoms with Crippen LogP contribution in [-0.2, 0) is 14.3 Å². The molecule has 1 saturated heterocycles. The molecular weight excluding hydrogens is 248 g/mol. The van der Waals surface area contributed by atoms with E-state index in [1.807, 2.05) is 6.08 Å². The molecule has 19 heavy (non-hydrogen) atoms. The van der Waals surface area contributed by atoms with Crippen molar-refractivity contribution in [1.82, 2.24) is 9.96 Å². The van der Waals surface area contributed by atoms with Crippen LogP contribution < -0.4 is 0 Å². The topological polar surface area (TPSA) is 51.2 Å². The zero-order chi connectivity index (χ0) is 13.8. The summed E-state index contributed by atoms with van der Waals surface area (Å²) in [7, 11) is 3.27. The predicted molar refractivity (Wildman–Crippen MR) is 69.5 cm³/mol. The van der Waals surface area contributed by atoms with Gasteiger partial charge in [-0.2, -0.15) is 5.06 Å². The molecule has 1 fully saturated rings. The first-order chi connectivity index (χ1) is 9.22. The largest absolute Gasteiger partial charge is 0.382 e. The van der Waals surface area contributed by atoms with Crippen molar-refractivity contribution in [2.75, 3.05) is 40.6 Å². The summed E-state index contributed by atoms with van der Waals surface area (Å²) in [5, 5.41) is 1.42. The van der Waals surface area contributed by atoms with E-state index in [0.717, 1.165) is 5.57 Å². The molecule has 6 nitrogen and oxygen atoms in total. The zero-order valence-corrected chi connectivity index (χ0v) is 11.4. The molecule has 2 bridgehead atoms. The number of carbonyl (C=O) groups is 1. The summed E-state index contributed by atoms with van der Waals surface area (Å²) in [6, 6.07) is -0.270. The number of hydrogen-bond acceptors (Lipinski definition) is 4. The fourth-order valence-corrected chi connectivity index (χ4v) is 2.49. The number of carbonyl (C=O) groups excluding carboxylic acids is 1. The van der Waals surface area contributed by atoms with Gasteiger partial charge in [0.2, 0.25) is 0 Å². The number of hydroxylamine groups is 2. The first kappa shape index (κ1) is 14.0. The third-order valence-corrected chi connectivity index (χ3v) is 3.30. The fourth-order valence-electron chi connectivity index (χ4n) is 2.49. The normalized spacial score (nSPS) is 25.8. The van der Waals surface area contributed by atoms with Crippen LogP contribution in [0.3, 0.4) is 0 Å². The van der Waals surface area contributed by atoms with Crippen LogP contribution in [0.2, 0.25) is 0 Å². The maximum atomic E-state index is 12.3. The Morgan fingerprint density at radius 2 is 2.26 bits per heavy atom. The van der Waals surface area contributed by atoms with Crippen molar-refractivity contribution in [2.45, 2.75) is 12.1 Å². The number of hydrogen-bond donors (Lipinski definition) is 0. The molecule has 0 aliphatic carbocycles. The van der Waals surface area contributed by atoms with E-state index >= 15 is 0 Å². The van der Waals surface area contributed by atoms with Crippen LogP contribution >= 0.6 is 0 Å². The Morgan fingerprint density at radius 3 is 2.89 bits per heavy atom. The Morgan fingerprint density at radius 1 is 1.47 bits per heavy atom. The van der Waals surface area contributed by atoms with Crippen LogP contribution in [0.1, 0.15) is 0 Å². The average molecular weight is 268 g/mol. The maximum absolute atomic E-state index is 12.3. The van der Waals surface area contributed by atoms with Gasteiger partial charge in [-0.25, -0.2) is 4.79 Å². The second-order valence-electron chi connectivity index (χ2n) is 4.56. The van der Waals surface area contributed by atoms with E-state index in [2.05, 4.69) is 6.58 Å². The van der Waals surface area contributed by atoms with Gasteiger partial charge in [-0.3, -0.25) is 4.84 Å². The second-order valence-corrected chi connectivity index (χ2v) is 4.56. The second kappa shape index (κ2) is 6.18. The number of methoxy groups -OCH3 is 2. The highest BCUT2D eigenvalue weighted by atomic mass is 16.7. The summed E-state index contributed by atoms with van der Waals surface area (Å²) in [6.07, 6.45) is 3.66. The van der Waals surface area contributed by atoms with E-state index in [4.69, 9.17) is 14.3 Å². The summed E-state index contributed by atoms with van der Waals surface area (Å²) in [6.45, 7) is 5.48. The van der Waals surface area contributed by atoms with Crippen molar-refractivity contribution in [3.8, 4) is 0 Å². The smallest absolute Gasteiger partial charge is 0.345 e. The van der Waals surface area contributed by atoms with Crippen molar-refractivity contribution in [3.05, 3.63) is 24.3 Å². The van der Waals surface area contributed by atoms with E-state index in [-0.39, 0.29) is 18.1 Å². The molecule has 0 N–H and O–H groups in total. The summed E-state index contributed by atoms with van der Waals surface area (Å²) in [5.41, 5.74) is 1.05. The quantitative estimate of drug-likeness (QED) is 0.641. The first-order valence-corrected chi connectivity index (χ1v) is 6.25. The molecule has 0 aromatic carbocycles. The molecule has 0 aromatic rings. The first-order valence-electron chi connectivity index (χ1n) is 6.25. The van der Waals surface area contributed by atoms with E-state index in [1.165, 1.54) is 5.06 Å². The molecule has 2 atom stereocenters. The molecule has 6 heteroatoms. The number of rotatable bonds is 7. The van der Waals surface area contributed by atoms with Crippen LogP contribution in [0.15, 0.2) is 24.3 Å². The Hall–Kier alpha value is -1.37. The van der Waals surface area contributed by atoms with Gasteiger partial charge in [-0.05, 0) is 5.57 Å². The van der Waals surface area contributed by atoms with Crippen LogP contribution in [0.25, 0.3) is 0 Å². The Bertz CT molecular complexity index is 383. The van der Waals surface area contributed by atoms with E-state index in [1.54, 1.807) is 25.2 Å². The van der Waals surface area contributed by atoms with Gasteiger partial charge in [0.15, 0.2) is 0 Å². The number of nitrogens with zero attached hydrogens (tertiary/aromatic N) is 2. The lowest BCUT2D eigenvalue weighted by Crippen LogP contribution is -2.41. The highest BCUT2D eigenvalue weighted by Crippen LogP contribution is 2.30. The van der Waals surface area contributed by atoms with Crippen molar-refractivity contribution in [1.29, 1.82) is 0 Å². The van der Waals surface area contributed by atoms with Gasteiger partial charge < -0.3 is 14.4 Å². The molecule has 0 saturated carbocycles. The summed E-state index contributed by atoms with van der Waals surface area (Å²) in [4.78, 5) is 19.5. The molecule has 1 unspecified atom stereocenters. The number of ether oxygens (including phenoxy) is 2. The third-order valence-electron chi connectivity index (χ3n) is 3.30. The molecule has 0 radical (unpaired) electrons. The Kier molecular flexibility index (Phi) is 4.57. The number of amides is 2. The SMILES string of the molecule is C=CCON1C(=O)N2CC1C(COC)=C[C@H]2COC. The monoisotopic (exact) mass is 268 g/mol. The molecule has 2 rings (SSSR count).